The largest absolute Gasteiger partial charge is 0.314 e. The van der Waals surface area contributed by atoms with Crippen molar-refractivity contribution in [3.05, 3.63) is 22.4 Å². The molecule has 0 aliphatic carbocycles. The molecule has 2 nitrogen and oxygen atoms in total. The second kappa shape index (κ2) is 5.72. The molecule has 0 saturated carbocycles. The van der Waals surface area contributed by atoms with E-state index in [4.69, 9.17) is 0 Å². The lowest BCUT2D eigenvalue weighted by Gasteiger charge is -2.39. The monoisotopic (exact) mass is 264 g/mol. The molecule has 1 aromatic rings. The summed E-state index contributed by atoms with van der Waals surface area (Å²) in [6.07, 6.45) is 6.83. The second-order valence-corrected chi connectivity index (χ2v) is 6.51. The first-order chi connectivity index (χ1) is 8.86. The number of hydrogen-bond donors (Lipinski definition) is 1. The van der Waals surface area contributed by atoms with Crippen LogP contribution in [0.15, 0.2) is 16.8 Å². The molecule has 0 aromatic carbocycles. The number of hydrogen-bond acceptors (Lipinski definition) is 3. The van der Waals surface area contributed by atoms with Crippen molar-refractivity contribution in [2.75, 3.05) is 13.1 Å². The van der Waals surface area contributed by atoms with Crippen LogP contribution in [0, 0.1) is 0 Å². The van der Waals surface area contributed by atoms with Gasteiger partial charge in [0.25, 0.3) is 0 Å². The van der Waals surface area contributed by atoms with Crippen molar-refractivity contribution >= 4 is 11.3 Å². The van der Waals surface area contributed by atoms with Gasteiger partial charge in [-0.3, -0.25) is 4.90 Å². The number of fused-ring (bicyclic) bond motifs is 2. The summed E-state index contributed by atoms with van der Waals surface area (Å²) in [4.78, 5) is 2.80. The van der Waals surface area contributed by atoms with Gasteiger partial charge in [0.2, 0.25) is 0 Å². The Labute approximate surface area is 114 Å². The van der Waals surface area contributed by atoms with E-state index in [0.717, 1.165) is 24.7 Å². The van der Waals surface area contributed by atoms with Gasteiger partial charge in [0.1, 0.15) is 0 Å². The van der Waals surface area contributed by atoms with Crippen molar-refractivity contribution in [3.8, 4) is 0 Å². The molecule has 2 saturated heterocycles. The Morgan fingerprint density at radius 3 is 2.72 bits per heavy atom. The van der Waals surface area contributed by atoms with Crippen LogP contribution in [-0.2, 0) is 6.42 Å². The van der Waals surface area contributed by atoms with Crippen LogP contribution in [-0.4, -0.2) is 36.1 Å². The summed E-state index contributed by atoms with van der Waals surface area (Å²) < 4.78 is 0. The Balaban J connectivity index is 1.55. The summed E-state index contributed by atoms with van der Waals surface area (Å²) in [5.41, 5.74) is 1.52. The molecular formula is C15H24N2S. The van der Waals surface area contributed by atoms with Crippen molar-refractivity contribution in [2.24, 2.45) is 0 Å². The van der Waals surface area contributed by atoms with Crippen LogP contribution in [0.3, 0.4) is 0 Å². The van der Waals surface area contributed by atoms with E-state index < -0.39 is 0 Å². The maximum Gasteiger partial charge on any atom is 0.0114 e. The zero-order valence-electron chi connectivity index (χ0n) is 11.3. The quantitative estimate of drug-likeness (QED) is 0.880. The Morgan fingerprint density at radius 1 is 1.33 bits per heavy atom. The SMILES string of the molecule is CCNC1CC2CCC(C1)N2CCc1ccsc1. The topological polar surface area (TPSA) is 15.3 Å². The minimum Gasteiger partial charge on any atom is -0.314 e. The Kier molecular flexibility index (Phi) is 4.02. The Bertz CT molecular complexity index is 349. The predicted octanol–water partition coefficient (Wildman–Crippen LogP) is 2.90. The van der Waals surface area contributed by atoms with Crippen molar-refractivity contribution in [3.63, 3.8) is 0 Å². The molecule has 3 heteroatoms. The van der Waals surface area contributed by atoms with Gasteiger partial charge >= 0.3 is 0 Å². The number of nitrogens with zero attached hydrogens (tertiary/aromatic N) is 1. The maximum absolute atomic E-state index is 3.65. The third kappa shape index (κ3) is 2.63. The van der Waals surface area contributed by atoms with E-state index in [1.807, 2.05) is 11.3 Å². The third-order valence-corrected chi connectivity index (χ3v) is 5.35. The van der Waals surface area contributed by atoms with Crippen LogP contribution >= 0.6 is 11.3 Å². The normalized spacial score (nSPS) is 31.9. The minimum absolute atomic E-state index is 0.782. The molecule has 1 N–H and O–H groups in total. The van der Waals surface area contributed by atoms with E-state index in [0.29, 0.717) is 0 Å². The molecule has 3 rings (SSSR count). The highest BCUT2D eigenvalue weighted by Gasteiger charge is 2.39. The molecule has 2 fully saturated rings. The summed E-state index contributed by atoms with van der Waals surface area (Å²) in [5, 5.41) is 8.15. The van der Waals surface area contributed by atoms with Gasteiger partial charge in [-0.2, -0.15) is 11.3 Å². The average Bonchev–Trinajstić information content (AvgIpc) is 2.94. The summed E-state index contributed by atoms with van der Waals surface area (Å²) >= 11 is 1.82. The molecule has 2 unspecified atom stereocenters. The molecule has 100 valence electrons. The third-order valence-electron chi connectivity index (χ3n) is 4.62. The Hall–Kier alpha value is -0.380. The van der Waals surface area contributed by atoms with Crippen LogP contribution in [0.25, 0.3) is 0 Å². The van der Waals surface area contributed by atoms with Gasteiger partial charge < -0.3 is 5.32 Å². The number of piperidine rings is 1. The van der Waals surface area contributed by atoms with Crippen LogP contribution in [0.4, 0.5) is 0 Å². The zero-order valence-corrected chi connectivity index (χ0v) is 12.1. The fourth-order valence-electron chi connectivity index (χ4n) is 3.79. The van der Waals surface area contributed by atoms with E-state index in [-0.39, 0.29) is 0 Å². The van der Waals surface area contributed by atoms with Crippen molar-refractivity contribution in [1.29, 1.82) is 0 Å². The highest BCUT2D eigenvalue weighted by Crippen LogP contribution is 2.35. The molecule has 0 amide bonds. The second-order valence-electron chi connectivity index (χ2n) is 5.73. The van der Waals surface area contributed by atoms with Gasteiger partial charge in [0.15, 0.2) is 0 Å². The molecule has 18 heavy (non-hydrogen) atoms. The zero-order chi connectivity index (χ0) is 12.4. The fraction of sp³-hybridized carbons (Fsp3) is 0.733. The minimum atomic E-state index is 0.782. The van der Waals surface area contributed by atoms with Gasteiger partial charge in [-0.05, 0) is 61.0 Å². The van der Waals surface area contributed by atoms with Gasteiger partial charge in [0, 0.05) is 24.7 Å². The van der Waals surface area contributed by atoms with Crippen LogP contribution in [0.1, 0.15) is 38.2 Å². The van der Waals surface area contributed by atoms with Gasteiger partial charge in [0.05, 0.1) is 0 Å². The lowest BCUT2D eigenvalue weighted by atomic mass is 9.97. The fourth-order valence-corrected chi connectivity index (χ4v) is 4.49. The molecule has 3 heterocycles. The number of rotatable bonds is 5. The smallest absolute Gasteiger partial charge is 0.0114 e. The van der Waals surface area contributed by atoms with E-state index >= 15 is 0 Å². The predicted molar refractivity (Wildman–Crippen MR) is 78.2 cm³/mol. The van der Waals surface area contributed by atoms with Gasteiger partial charge in [-0.15, -0.1) is 0 Å². The van der Waals surface area contributed by atoms with E-state index in [1.54, 1.807) is 0 Å². The first-order valence-electron chi connectivity index (χ1n) is 7.37. The van der Waals surface area contributed by atoms with E-state index in [1.165, 1.54) is 44.2 Å². The highest BCUT2D eigenvalue weighted by molar-refractivity contribution is 7.07. The summed E-state index contributed by atoms with van der Waals surface area (Å²) in [7, 11) is 0. The maximum atomic E-state index is 3.65. The molecule has 2 atom stereocenters. The van der Waals surface area contributed by atoms with Crippen LogP contribution in [0.2, 0.25) is 0 Å². The summed E-state index contributed by atoms with van der Waals surface area (Å²) in [6, 6.07) is 4.76. The number of thiophene rings is 1. The van der Waals surface area contributed by atoms with Crippen molar-refractivity contribution in [1.82, 2.24) is 10.2 Å². The first kappa shape index (κ1) is 12.6. The molecule has 2 aliphatic rings. The first-order valence-corrected chi connectivity index (χ1v) is 8.31. The summed E-state index contributed by atoms with van der Waals surface area (Å²) in [6.45, 7) is 4.62. The average molecular weight is 264 g/mol. The van der Waals surface area contributed by atoms with Crippen molar-refractivity contribution in [2.45, 2.75) is 57.2 Å². The lowest BCUT2D eigenvalue weighted by Crippen LogP contribution is -2.49. The van der Waals surface area contributed by atoms with E-state index in [2.05, 4.69) is 34.0 Å². The molecule has 1 aromatic heterocycles. The molecule has 2 aliphatic heterocycles. The highest BCUT2D eigenvalue weighted by atomic mass is 32.1. The molecule has 0 spiro atoms. The Morgan fingerprint density at radius 2 is 2.11 bits per heavy atom. The van der Waals surface area contributed by atoms with Crippen molar-refractivity contribution < 1.29 is 0 Å². The summed E-state index contributed by atoms with van der Waals surface area (Å²) in [5.74, 6) is 0. The van der Waals surface area contributed by atoms with Gasteiger partial charge in [-0.25, -0.2) is 0 Å². The lowest BCUT2D eigenvalue weighted by molar-refractivity contribution is 0.119. The van der Waals surface area contributed by atoms with Crippen LogP contribution in [0.5, 0.6) is 0 Å². The molecule has 2 bridgehead atoms. The number of nitrogens with one attached hydrogen (secondary N) is 1. The van der Waals surface area contributed by atoms with E-state index in [9.17, 15) is 0 Å². The standard InChI is InChI=1S/C15H24N2S/c1-2-16-13-9-14-3-4-15(10-13)17(14)7-5-12-6-8-18-11-12/h6,8,11,13-16H,2-5,7,9-10H2,1H3. The molecule has 0 radical (unpaired) electrons. The van der Waals surface area contributed by atoms with Gasteiger partial charge in [-0.1, -0.05) is 6.92 Å². The molecular weight excluding hydrogens is 240 g/mol. The van der Waals surface area contributed by atoms with Crippen LogP contribution < -0.4 is 5.32 Å².